The van der Waals surface area contributed by atoms with E-state index in [2.05, 4.69) is 20.6 Å². The van der Waals surface area contributed by atoms with E-state index in [0.717, 1.165) is 29.5 Å². The molecule has 0 saturated carbocycles. The molecule has 0 fully saturated rings. The number of aromatic nitrogens is 2. The molecule has 0 spiro atoms. The fourth-order valence-corrected chi connectivity index (χ4v) is 1.76. The van der Waals surface area contributed by atoms with Crippen molar-refractivity contribution in [3.05, 3.63) is 36.0 Å². The maximum absolute atomic E-state index is 5.30. The van der Waals surface area contributed by atoms with Gasteiger partial charge in [-0.15, -0.1) is 0 Å². The van der Waals surface area contributed by atoms with Crippen LogP contribution in [0, 0.1) is 6.92 Å². The van der Waals surface area contributed by atoms with Gasteiger partial charge in [0, 0.05) is 18.3 Å². The van der Waals surface area contributed by atoms with E-state index in [9.17, 15) is 0 Å². The molecule has 5 heteroatoms. The van der Waals surface area contributed by atoms with Crippen LogP contribution < -0.4 is 15.4 Å². The van der Waals surface area contributed by atoms with E-state index in [1.807, 2.05) is 44.2 Å². The third kappa shape index (κ3) is 3.34. The highest BCUT2D eigenvalue weighted by atomic mass is 16.5. The molecular formula is C14H18N4O. The van der Waals surface area contributed by atoms with E-state index in [1.54, 1.807) is 7.11 Å². The first kappa shape index (κ1) is 13.1. The van der Waals surface area contributed by atoms with Crippen molar-refractivity contribution in [2.24, 2.45) is 0 Å². The fraction of sp³-hybridized carbons (Fsp3) is 0.286. The minimum Gasteiger partial charge on any atom is -0.495 e. The lowest BCUT2D eigenvalue weighted by Crippen LogP contribution is -2.05. The number of hydrogen-bond donors (Lipinski definition) is 2. The molecule has 0 radical (unpaired) electrons. The summed E-state index contributed by atoms with van der Waals surface area (Å²) < 4.78 is 5.30. The normalized spacial score (nSPS) is 10.1. The lowest BCUT2D eigenvalue weighted by molar-refractivity contribution is 0.417. The summed E-state index contributed by atoms with van der Waals surface area (Å²) in [5, 5.41) is 6.36. The zero-order valence-electron chi connectivity index (χ0n) is 11.4. The number of ether oxygens (including phenoxy) is 1. The van der Waals surface area contributed by atoms with Crippen LogP contribution in [0.1, 0.15) is 12.6 Å². The van der Waals surface area contributed by atoms with Crippen LogP contribution in [0.25, 0.3) is 0 Å². The summed E-state index contributed by atoms with van der Waals surface area (Å²) in [5.74, 6) is 2.15. The highest BCUT2D eigenvalue weighted by Crippen LogP contribution is 2.26. The number of rotatable bonds is 5. The smallest absolute Gasteiger partial charge is 0.224 e. The third-order valence-electron chi connectivity index (χ3n) is 2.56. The van der Waals surface area contributed by atoms with Crippen molar-refractivity contribution < 1.29 is 4.74 Å². The number of anilines is 3. The lowest BCUT2D eigenvalue weighted by atomic mass is 10.3. The number of nitrogens with zero attached hydrogens (tertiary/aromatic N) is 2. The summed E-state index contributed by atoms with van der Waals surface area (Å²) in [4.78, 5) is 8.72. The standard InChI is InChI=1S/C14H18N4O/c1-4-15-14-16-10(2)9-13(18-14)17-11-7-5-6-8-12(11)19-3/h5-9H,4H2,1-3H3,(H2,15,16,17,18). The van der Waals surface area contributed by atoms with Crippen molar-refractivity contribution in [1.82, 2.24) is 9.97 Å². The molecular weight excluding hydrogens is 240 g/mol. The van der Waals surface area contributed by atoms with Crippen LogP contribution in [0.15, 0.2) is 30.3 Å². The average molecular weight is 258 g/mol. The summed E-state index contributed by atoms with van der Waals surface area (Å²) in [7, 11) is 1.65. The zero-order chi connectivity index (χ0) is 13.7. The number of nitrogens with one attached hydrogen (secondary N) is 2. The van der Waals surface area contributed by atoms with Gasteiger partial charge in [-0.05, 0) is 26.0 Å². The molecule has 2 rings (SSSR count). The molecule has 1 aromatic heterocycles. The number of methoxy groups -OCH3 is 1. The van der Waals surface area contributed by atoms with Crippen molar-refractivity contribution in [2.75, 3.05) is 24.3 Å². The topological polar surface area (TPSA) is 59.1 Å². The van der Waals surface area contributed by atoms with Crippen molar-refractivity contribution in [1.29, 1.82) is 0 Å². The third-order valence-corrected chi connectivity index (χ3v) is 2.56. The number of hydrogen-bond acceptors (Lipinski definition) is 5. The van der Waals surface area contributed by atoms with Gasteiger partial charge in [-0.3, -0.25) is 0 Å². The Morgan fingerprint density at radius 3 is 2.74 bits per heavy atom. The molecule has 2 N–H and O–H groups in total. The van der Waals surface area contributed by atoms with Crippen LogP contribution in [-0.2, 0) is 0 Å². The van der Waals surface area contributed by atoms with Crippen LogP contribution in [0.3, 0.4) is 0 Å². The highest BCUT2D eigenvalue weighted by Gasteiger charge is 2.05. The molecule has 0 aliphatic heterocycles. The number of aryl methyl sites for hydroxylation is 1. The molecule has 0 saturated heterocycles. The van der Waals surface area contributed by atoms with E-state index in [-0.39, 0.29) is 0 Å². The molecule has 5 nitrogen and oxygen atoms in total. The lowest BCUT2D eigenvalue weighted by Gasteiger charge is -2.11. The Bertz CT molecular complexity index is 557. The molecule has 2 aromatic rings. The monoisotopic (exact) mass is 258 g/mol. The predicted octanol–water partition coefficient (Wildman–Crippen LogP) is 2.97. The largest absolute Gasteiger partial charge is 0.495 e. The second kappa shape index (κ2) is 6.04. The van der Waals surface area contributed by atoms with Crippen molar-refractivity contribution in [3.8, 4) is 5.75 Å². The van der Waals surface area contributed by atoms with E-state index in [4.69, 9.17) is 4.74 Å². The summed E-state index contributed by atoms with van der Waals surface area (Å²) in [6, 6.07) is 9.63. The second-order valence-corrected chi connectivity index (χ2v) is 4.07. The first-order chi connectivity index (χ1) is 9.22. The van der Waals surface area contributed by atoms with Gasteiger partial charge in [0.2, 0.25) is 5.95 Å². The molecule has 0 aliphatic rings. The van der Waals surface area contributed by atoms with Gasteiger partial charge in [0.1, 0.15) is 11.6 Å². The number of para-hydroxylation sites is 2. The molecule has 1 aromatic carbocycles. The van der Waals surface area contributed by atoms with Gasteiger partial charge in [-0.2, -0.15) is 4.98 Å². The van der Waals surface area contributed by atoms with E-state index in [0.29, 0.717) is 5.95 Å². The maximum Gasteiger partial charge on any atom is 0.224 e. The Morgan fingerprint density at radius 2 is 2.00 bits per heavy atom. The molecule has 0 atom stereocenters. The molecule has 1 heterocycles. The molecule has 100 valence electrons. The summed E-state index contributed by atoms with van der Waals surface area (Å²) >= 11 is 0. The average Bonchev–Trinajstić information content (AvgIpc) is 2.39. The Kier molecular flexibility index (Phi) is 4.18. The number of benzene rings is 1. The van der Waals surface area contributed by atoms with Crippen LogP contribution in [0.5, 0.6) is 5.75 Å². The molecule has 0 aliphatic carbocycles. The zero-order valence-corrected chi connectivity index (χ0v) is 11.4. The molecule has 0 unspecified atom stereocenters. The van der Waals surface area contributed by atoms with Crippen molar-refractivity contribution >= 4 is 17.5 Å². The minimum absolute atomic E-state index is 0.625. The molecule has 19 heavy (non-hydrogen) atoms. The maximum atomic E-state index is 5.30. The van der Waals surface area contributed by atoms with Gasteiger partial charge in [-0.25, -0.2) is 4.98 Å². The second-order valence-electron chi connectivity index (χ2n) is 4.07. The van der Waals surface area contributed by atoms with Gasteiger partial charge >= 0.3 is 0 Å². The minimum atomic E-state index is 0.625. The van der Waals surface area contributed by atoms with Gasteiger partial charge in [-0.1, -0.05) is 12.1 Å². The SMILES string of the molecule is CCNc1nc(C)cc(Nc2ccccc2OC)n1. The van der Waals surface area contributed by atoms with Crippen LogP contribution in [-0.4, -0.2) is 23.6 Å². The Hall–Kier alpha value is -2.30. The van der Waals surface area contributed by atoms with Crippen LogP contribution >= 0.6 is 0 Å². The Morgan fingerprint density at radius 1 is 1.21 bits per heavy atom. The first-order valence-corrected chi connectivity index (χ1v) is 6.22. The molecule has 0 amide bonds. The Balaban J connectivity index is 2.27. The van der Waals surface area contributed by atoms with Gasteiger partial charge in [0.25, 0.3) is 0 Å². The van der Waals surface area contributed by atoms with E-state index in [1.165, 1.54) is 0 Å². The fourth-order valence-electron chi connectivity index (χ4n) is 1.76. The van der Waals surface area contributed by atoms with Gasteiger partial charge in [0.05, 0.1) is 12.8 Å². The first-order valence-electron chi connectivity index (χ1n) is 6.22. The van der Waals surface area contributed by atoms with Crippen molar-refractivity contribution in [2.45, 2.75) is 13.8 Å². The van der Waals surface area contributed by atoms with Crippen LogP contribution in [0.2, 0.25) is 0 Å². The van der Waals surface area contributed by atoms with E-state index >= 15 is 0 Å². The molecule has 0 bridgehead atoms. The summed E-state index contributed by atoms with van der Waals surface area (Å²) in [6.07, 6.45) is 0. The predicted molar refractivity (Wildman–Crippen MR) is 77.2 cm³/mol. The summed E-state index contributed by atoms with van der Waals surface area (Å²) in [5.41, 5.74) is 1.79. The quantitative estimate of drug-likeness (QED) is 0.863. The van der Waals surface area contributed by atoms with Crippen molar-refractivity contribution in [3.63, 3.8) is 0 Å². The van der Waals surface area contributed by atoms with Crippen LogP contribution in [0.4, 0.5) is 17.5 Å². The van der Waals surface area contributed by atoms with Gasteiger partial charge < -0.3 is 15.4 Å². The van der Waals surface area contributed by atoms with Gasteiger partial charge in [0.15, 0.2) is 0 Å². The Labute approximate surface area is 113 Å². The van der Waals surface area contributed by atoms with E-state index < -0.39 is 0 Å². The summed E-state index contributed by atoms with van der Waals surface area (Å²) in [6.45, 7) is 4.74. The highest BCUT2D eigenvalue weighted by molar-refractivity contribution is 5.64.